The Morgan fingerprint density at radius 2 is 2.33 bits per heavy atom. The SMILES string of the molecule is O=[N+]([O-])c1ccc(CC2CSCCC2O)cc1Br. The molecule has 0 spiro atoms. The fraction of sp³-hybridized carbons (Fsp3) is 0.500. The maximum Gasteiger partial charge on any atom is 0.283 e. The quantitative estimate of drug-likeness (QED) is 0.683. The minimum Gasteiger partial charge on any atom is -0.393 e. The van der Waals surface area contributed by atoms with E-state index in [1.165, 1.54) is 6.07 Å². The van der Waals surface area contributed by atoms with Gasteiger partial charge in [0.1, 0.15) is 0 Å². The van der Waals surface area contributed by atoms with Crippen molar-refractivity contribution in [1.29, 1.82) is 0 Å². The Labute approximate surface area is 118 Å². The summed E-state index contributed by atoms with van der Waals surface area (Å²) in [5.74, 6) is 2.22. The van der Waals surface area contributed by atoms with Crippen LogP contribution in [0.5, 0.6) is 0 Å². The second-order valence-corrected chi connectivity index (χ2v) is 6.44. The van der Waals surface area contributed by atoms with Crippen molar-refractivity contribution in [3.63, 3.8) is 0 Å². The molecule has 0 saturated carbocycles. The predicted octanol–water partition coefficient (Wildman–Crippen LogP) is 3.01. The fourth-order valence-electron chi connectivity index (χ4n) is 2.11. The van der Waals surface area contributed by atoms with Gasteiger partial charge in [0.2, 0.25) is 0 Å². The lowest BCUT2D eigenvalue weighted by Crippen LogP contribution is -2.29. The average molecular weight is 332 g/mol. The van der Waals surface area contributed by atoms with Crippen LogP contribution in [0.4, 0.5) is 5.69 Å². The molecule has 0 bridgehead atoms. The molecule has 0 aromatic heterocycles. The van der Waals surface area contributed by atoms with Gasteiger partial charge >= 0.3 is 0 Å². The van der Waals surface area contributed by atoms with Gasteiger partial charge in [0, 0.05) is 6.07 Å². The number of hydrogen-bond acceptors (Lipinski definition) is 4. The van der Waals surface area contributed by atoms with E-state index in [1.54, 1.807) is 12.1 Å². The lowest BCUT2D eigenvalue weighted by atomic mass is 9.94. The topological polar surface area (TPSA) is 63.4 Å². The number of aliphatic hydroxyl groups excluding tert-OH is 1. The first kappa shape index (κ1) is 13.8. The van der Waals surface area contributed by atoms with Crippen molar-refractivity contribution >= 4 is 33.4 Å². The van der Waals surface area contributed by atoms with Crippen LogP contribution in [0.1, 0.15) is 12.0 Å². The number of hydrogen-bond donors (Lipinski definition) is 1. The molecule has 6 heteroatoms. The molecule has 4 nitrogen and oxygen atoms in total. The van der Waals surface area contributed by atoms with Gasteiger partial charge < -0.3 is 5.11 Å². The van der Waals surface area contributed by atoms with Crippen LogP contribution in [0.2, 0.25) is 0 Å². The highest BCUT2D eigenvalue weighted by Gasteiger charge is 2.24. The number of nitrogens with zero attached hydrogens (tertiary/aromatic N) is 1. The number of thioether (sulfide) groups is 1. The number of halogens is 1. The fourth-order valence-corrected chi connectivity index (χ4v) is 3.90. The third kappa shape index (κ3) is 3.24. The van der Waals surface area contributed by atoms with Crippen LogP contribution in [-0.4, -0.2) is 27.6 Å². The molecule has 1 aromatic carbocycles. The van der Waals surface area contributed by atoms with Gasteiger partial charge in [-0.2, -0.15) is 11.8 Å². The molecule has 1 N–H and O–H groups in total. The summed E-state index contributed by atoms with van der Waals surface area (Å²) >= 11 is 5.08. The number of nitro groups is 1. The van der Waals surface area contributed by atoms with Crippen molar-refractivity contribution in [1.82, 2.24) is 0 Å². The molecule has 0 radical (unpaired) electrons. The van der Waals surface area contributed by atoms with Crippen molar-refractivity contribution in [2.24, 2.45) is 5.92 Å². The molecule has 18 heavy (non-hydrogen) atoms. The summed E-state index contributed by atoms with van der Waals surface area (Å²) in [6, 6.07) is 5.07. The van der Waals surface area contributed by atoms with Crippen LogP contribution in [0.3, 0.4) is 0 Å². The summed E-state index contributed by atoms with van der Waals surface area (Å²) in [5, 5.41) is 20.6. The van der Waals surface area contributed by atoms with Crippen molar-refractivity contribution in [3.8, 4) is 0 Å². The molecule has 2 unspecified atom stereocenters. The summed E-state index contributed by atoms with van der Waals surface area (Å²) in [5.41, 5.74) is 1.11. The van der Waals surface area contributed by atoms with E-state index in [0.29, 0.717) is 4.47 Å². The molecule has 1 heterocycles. The highest BCUT2D eigenvalue weighted by molar-refractivity contribution is 9.10. The van der Waals surface area contributed by atoms with Gasteiger partial charge in [0.05, 0.1) is 15.5 Å². The van der Waals surface area contributed by atoms with Crippen molar-refractivity contribution in [2.75, 3.05) is 11.5 Å². The molecule has 1 saturated heterocycles. The van der Waals surface area contributed by atoms with E-state index in [1.807, 2.05) is 11.8 Å². The van der Waals surface area contributed by atoms with Crippen LogP contribution in [0, 0.1) is 16.0 Å². The summed E-state index contributed by atoms with van der Waals surface area (Å²) in [4.78, 5) is 10.3. The Morgan fingerprint density at radius 1 is 1.56 bits per heavy atom. The Hall–Kier alpha value is -0.590. The molecule has 0 aliphatic carbocycles. The molecule has 1 aliphatic heterocycles. The summed E-state index contributed by atoms with van der Waals surface area (Å²) in [7, 11) is 0. The van der Waals surface area contributed by atoms with Gasteiger partial charge in [-0.1, -0.05) is 6.07 Å². The molecule has 1 fully saturated rings. The maximum atomic E-state index is 10.7. The minimum atomic E-state index is -0.404. The lowest BCUT2D eigenvalue weighted by molar-refractivity contribution is -0.385. The number of benzene rings is 1. The second kappa shape index (κ2) is 6.04. The van der Waals surface area contributed by atoms with E-state index in [0.717, 1.165) is 29.9 Å². The predicted molar refractivity (Wildman–Crippen MR) is 75.9 cm³/mol. The maximum absolute atomic E-state index is 10.7. The largest absolute Gasteiger partial charge is 0.393 e. The van der Waals surface area contributed by atoms with Crippen LogP contribution in [0.25, 0.3) is 0 Å². The van der Waals surface area contributed by atoms with Gasteiger partial charge in [-0.3, -0.25) is 10.1 Å². The molecule has 0 amide bonds. The third-order valence-corrected chi connectivity index (χ3v) is 4.96. The van der Waals surface area contributed by atoms with Crippen molar-refractivity contribution in [2.45, 2.75) is 18.9 Å². The zero-order valence-corrected chi connectivity index (χ0v) is 12.1. The van der Waals surface area contributed by atoms with Gasteiger partial charge in [-0.15, -0.1) is 0 Å². The number of aliphatic hydroxyl groups is 1. The first-order valence-electron chi connectivity index (χ1n) is 5.76. The van der Waals surface area contributed by atoms with Crippen LogP contribution >= 0.6 is 27.7 Å². The zero-order valence-electron chi connectivity index (χ0n) is 9.71. The molecule has 2 atom stereocenters. The minimum absolute atomic E-state index is 0.0808. The third-order valence-electron chi connectivity index (χ3n) is 3.14. The van der Waals surface area contributed by atoms with Gasteiger partial charge in [-0.25, -0.2) is 0 Å². The average Bonchev–Trinajstić information content (AvgIpc) is 2.32. The van der Waals surface area contributed by atoms with E-state index in [4.69, 9.17) is 0 Å². The summed E-state index contributed by atoms with van der Waals surface area (Å²) in [6.07, 6.45) is 1.36. The van der Waals surface area contributed by atoms with E-state index in [9.17, 15) is 15.2 Å². The molecule has 2 rings (SSSR count). The number of rotatable bonds is 3. The molecule has 1 aromatic rings. The Morgan fingerprint density at radius 3 is 2.94 bits per heavy atom. The summed E-state index contributed by atoms with van der Waals surface area (Å²) in [6.45, 7) is 0. The van der Waals surface area contributed by atoms with Crippen molar-refractivity contribution in [3.05, 3.63) is 38.3 Å². The molecule has 1 aliphatic rings. The van der Waals surface area contributed by atoms with Crippen molar-refractivity contribution < 1.29 is 10.0 Å². The van der Waals surface area contributed by atoms with Crippen LogP contribution in [-0.2, 0) is 6.42 Å². The highest BCUT2D eigenvalue weighted by atomic mass is 79.9. The highest BCUT2D eigenvalue weighted by Crippen LogP contribution is 2.30. The molecular formula is C12H14BrNO3S. The van der Waals surface area contributed by atoms with Gasteiger partial charge in [0.25, 0.3) is 5.69 Å². The Bertz CT molecular complexity index is 455. The van der Waals surface area contributed by atoms with Crippen LogP contribution in [0.15, 0.2) is 22.7 Å². The Balaban J connectivity index is 2.10. The lowest BCUT2D eigenvalue weighted by Gasteiger charge is -2.27. The van der Waals surface area contributed by atoms with E-state index in [2.05, 4.69) is 15.9 Å². The first-order valence-corrected chi connectivity index (χ1v) is 7.71. The molecular weight excluding hydrogens is 318 g/mol. The van der Waals surface area contributed by atoms with E-state index < -0.39 is 4.92 Å². The zero-order chi connectivity index (χ0) is 13.1. The standard InChI is InChI=1S/C12H14BrNO3S/c13-10-6-8(1-2-11(10)14(16)17)5-9-7-18-4-3-12(9)15/h1-2,6,9,12,15H,3-5,7H2. The van der Waals surface area contributed by atoms with E-state index in [-0.39, 0.29) is 17.7 Å². The summed E-state index contributed by atoms with van der Waals surface area (Å²) < 4.78 is 0.503. The molecule has 98 valence electrons. The number of nitro benzene ring substituents is 1. The smallest absolute Gasteiger partial charge is 0.283 e. The normalized spacial score (nSPS) is 23.9. The van der Waals surface area contributed by atoms with Crippen LogP contribution < -0.4 is 0 Å². The first-order chi connectivity index (χ1) is 8.58. The van der Waals surface area contributed by atoms with Gasteiger partial charge in [0.15, 0.2) is 0 Å². The van der Waals surface area contributed by atoms with Gasteiger partial charge in [-0.05, 0) is 57.8 Å². The van der Waals surface area contributed by atoms with E-state index >= 15 is 0 Å². The monoisotopic (exact) mass is 331 g/mol. The second-order valence-electron chi connectivity index (χ2n) is 4.44. The Kier molecular flexibility index (Phi) is 4.64.